The fourth-order valence-corrected chi connectivity index (χ4v) is 6.20. The van der Waals surface area contributed by atoms with Crippen molar-refractivity contribution in [2.75, 3.05) is 23.7 Å². The zero-order chi connectivity index (χ0) is 20.6. The summed E-state index contributed by atoms with van der Waals surface area (Å²) in [5, 5.41) is 6.77. The predicted octanol–water partition coefficient (Wildman–Crippen LogP) is 2.45. The van der Waals surface area contributed by atoms with Gasteiger partial charge in [0.25, 0.3) is 5.91 Å². The van der Waals surface area contributed by atoms with Crippen LogP contribution >= 0.6 is 23.1 Å². The molecule has 0 bridgehead atoms. The molecule has 3 atom stereocenters. The van der Waals surface area contributed by atoms with Gasteiger partial charge in [0.15, 0.2) is 5.82 Å². The Morgan fingerprint density at radius 2 is 2.03 bits per heavy atom. The molecule has 3 unspecified atom stereocenters. The van der Waals surface area contributed by atoms with Crippen LogP contribution in [0.4, 0.5) is 10.3 Å². The number of benzene rings is 1. The lowest BCUT2D eigenvalue weighted by Crippen LogP contribution is -2.60. The quantitative estimate of drug-likeness (QED) is 0.642. The van der Waals surface area contributed by atoms with E-state index in [0.717, 1.165) is 17.2 Å². The maximum absolute atomic E-state index is 13.3. The van der Waals surface area contributed by atoms with Gasteiger partial charge in [0.05, 0.1) is 23.4 Å². The molecule has 3 aromatic rings. The molecule has 2 saturated heterocycles. The van der Waals surface area contributed by atoms with E-state index in [1.807, 2.05) is 29.9 Å². The Labute approximate surface area is 181 Å². The SMILES string of the molecule is O=C(NC1NC2(c3cncs3)CN(c3ncc(F)cn3)CC2CS1)c1ccccc1. The summed E-state index contributed by atoms with van der Waals surface area (Å²) in [6, 6.07) is 9.19. The molecule has 154 valence electrons. The van der Waals surface area contributed by atoms with Crippen molar-refractivity contribution in [2.45, 2.75) is 11.0 Å². The molecule has 0 saturated carbocycles. The first-order valence-corrected chi connectivity index (χ1v) is 11.4. The lowest BCUT2D eigenvalue weighted by molar-refractivity contribution is 0.0934. The van der Waals surface area contributed by atoms with Crippen LogP contribution in [0, 0.1) is 11.7 Å². The number of aromatic nitrogens is 3. The minimum absolute atomic E-state index is 0.116. The molecular formula is C20H19FN6OS2. The highest BCUT2D eigenvalue weighted by atomic mass is 32.2. The number of rotatable bonds is 4. The van der Waals surface area contributed by atoms with Crippen LogP contribution in [0.1, 0.15) is 15.2 Å². The van der Waals surface area contributed by atoms with Crippen LogP contribution in [-0.4, -0.2) is 45.2 Å². The summed E-state index contributed by atoms with van der Waals surface area (Å²) in [5.41, 5.74) is 1.81. The zero-order valence-electron chi connectivity index (χ0n) is 15.9. The molecule has 4 heterocycles. The number of hydrogen-bond acceptors (Lipinski definition) is 8. The van der Waals surface area contributed by atoms with Crippen LogP contribution in [0.15, 0.2) is 54.4 Å². The Morgan fingerprint density at radius 1 is 1.23 bits per heavy atom. The topological polar surface area (TPSA) is 83.0 Å². The fourth-order valence-electron chi connectivity index (χ4n) is 4.04. The van der Waals surface area contributed by atoms with Crippen molar-refractivity contribution in [1.29, 1.82) is 0 Å². The maximum Gasteiger partial charge on any atom is 0.253 e. The number of anilines is 1. The molecule has 2 N–H and O–H groups in total. The van der Waals surface area contributed by atoms with Crippen LogP contribution in [0.3, 0.4) is 0 Å². The molecular weight excluding hydrogens is 423 g/mol. The highest BCUT2D eigenvalue weighted by molar-refractivity contribution is 7.99. The molecule has 0 aliphatic carbocycles. The van der Waals surface area contributed by atoms with Gasteiger partial charge in [-0.15, -0.1) is 23.1 Å². The molecule has 10 heteroatoms. The van der Waals surface area contributed by atoms with Crippen molar-refractivity contribution < 1.29 is 9.18 Å². The molecule has 2 aliphatic heterocycles. The third kappa shape index (κ3) is 3.55. The first kappa shape index (κ1) is 19.4. The van der Waals surface area contributed by atoms with Crippen molar-refractivity contribution in [3.05, 3.63) is 70.7 Å². The van der Waals surface area contributed by atoms with Crippen LogP contribution in [0.2, 0.25) is 0 Å². The number of nitrogens with zero attached hydrogens (tertiary/aromatic N) is 4. The van der Waals surface area contributed by atoms with Crippen LogP contribution < -0.4 is 15.5 Å². The molecule has 7 nitrogen and oxygen atoms in total. The zero-order valence-corrected chi connectivity index (χ0v) is 17.5. The maximum atomic E-state index is 13.3. The summed E-state index contributed by atoms with van der Waals surface area (Å²) in [5.74, 6) is 1.05. The van der Waals surface area contributed by atoms with E-state index in [1.165, 1.54) is 12.4 Å². The van der Waals surface area contributed by atoms with Crippen LogP contribution in [0.25, 0.3) is 0 Å². The van der Waals surface area contributed by atoms with E-state index in [4.69, 9.17) is 0 Å². The number of hydrogen-bond donors (Lipinski definition) is 2. The average Bonchev–Trinajstić information content (AvgIpc) is 3.43. The smallest absolute Gasteiger partial charge is 0.253 e. The van der Waals surface area contributed by atoms with Gasteiger partial charge >= 0.3 is 0 Å². The molecule has 30 heavy (non-hydrogen) atoms. The van der Waals surface area contributed by atoms with E-state index in [0.29, 0.717) is 18.1 Å². The van der Waals surface area contributed by atoms with Crippen LogP contribution in [0.5, 0.6) is 0 Å². The second kappa shape index (κ2) is 7.93. The summed E-state index contributed by atoms with van der Waals surface area (Å²) in [6.07, 6.45) is 4.26. The van der Waals surface area contributed by atoms with Gasteiger partial charge in [-0.2, -0.15) is 0 Å². The Balaban J connectivity index is 1.40. The largest absolute Gasteiger partial charge is 0.338 e. The van der Waals surface area contributed by atoms with E-state index in [-0.39, 0.29) is 17.3 Å². The number of carbonyl (C=O) groups is 1. The van der Waals surface area contributed by atoms with Crippen molar-refractivity contribution in [3.8, 4) is 0 Å². The monoisotopic (exact) mass is 442 g/mol. The summed E-state index contributed by atoms with van der Waals surface area (Å²) in [6.45, 7) is 1.35. The van der Waals surface area contributed by atoms with Crippen molar-refractivity contribution in [3.63, 3.8) is 0 Å². The Hall–Kier alpha value is -2.56. The predicted molar refractivity (Wildman–Crippen MR) is 115 cm³/mol. The molecule has 2 aromatic heterocycles. The molecule has 0 spiro atoms. The van der Waals surface area contributed by atoms with Crippen molar-refractivity contribution >= 4 is 35.0 Å². The fraction of sp³-hybridized carbons (Fsp3) is 0.300. The lowest BCUT2D eigenvalue weighted by Gasteiger charge is -2.42. The van der Waals surface area contributed by atoms with Gasteiger partial charge in [-0.05, 0) is 12.1 Å². The molecule has 1 amide bonds. The van der Waals surface area contributed by atoms with Gasteiger partial charge in [0.2, 0.25) is 5.95 Å². The first-order valence-electron chi connectivity index (χ1n) is 9.51. The first-order chi connectivity index (χ1) is 14.6. The highest BCUT2D eigenvalue weighted by Crippen LogP contribution is 2.45. The normalized spacial score (nSPS) is 25.7. The van der Waals surface area contributed by atoms with E-state index >= 15 is 0 Å². The lowest BCUT2D eigenvalue weighted by atomic mass is 9.87. The third-order valence-corrected chi connectivity index (χ3v) is 7.60. The minimum Gasteiger partial charge on any atom is -0.338 e. The summed E-state index contributed by atoms with van der Waals surface area (Å²) in [7, 11) is 0. The van der Waals surface area contributed by atoms with E-state index in [9.17, 15) is 9.18 Å². The van der Waals surface area contributed by atoms with Gasteiger partial charge in [-0.1, -0.05) is 18.2 Å². The van der Waals surface area contributed by atoms with E-state index in [2.05, 4.69) is 30.5 Å². The average molecular weight is 443 g/mol. The Kier molecular flexibility index (Phi) is 5.13. The van der Waals surface area contributed by atoms with Gasteiger partial charge < -0.3 is 10.2 Å². The second-order valence-corrected chi connectivity index (χ2v) is 9.34. The number of nitrogens with one attached hydrogen (secondary N) is 2. The highest BCUT2D eigenvalue weighted by Gasteiger charge is 2.53. The summed E-state index contributed by atoms with van der Waals surface area (Å²) < 4.78 is 13.3. The number of thiazole rings is 1. The van der Waals surface area contributed by atoms with E-state index < -0.39 is 11.4 Å². The molecule has 2 fully saturated rings. The minimum atomic E-state index is -0.454. The van der Waals surface area contributed by atoms with Crippen molar-refractivity contribution in [1.82, 2.24) is 25.6 Å². The van der Waals surface area contributed by atoms with Crippen molar-refractivity contribution in [2.24, 2.45) is 5.92 Å². The molecule has 0 radical (unpaired) electrons. The van der Waals surface area contributed by atoms with Gasteiger partial charge in [0, 0.05) is 41.4 Å². The molecule has 5 rings (SSSR count). The van der Waals surface area contributed by atoms with Crippen LogP contribution in [-0.2, 0) is 5.54 Å². The van der Waals surface area contributed by atoms with Gasteiger partial charge in [-0.3, -0.25) is 15.1 Å². The summed E-state index contributed by atoms with van der Waals surface area (Å²) >= 11 is 3.26. The Morgan fingerprint density at radius 3 is 2.77 bits per heavy atom. The third-order valence-electron chi connectivity index (χ3n) is 5.49. The number of halogens is 1. The molecule has 1 aromatic carbocycles. The summed E-state index contributed by atoms with van der Waals surface area (Å²) in [4.78, 5) is 28.5. The number of thioether (sulfide) groups is 1. The standard InChI is InChI=1S/C20H19FN6OS2/c21-15-6-23-18(24-7-15)27-9-14-10-29-19(25-17(28)13-4-2-1-3-5-13)26-20(14,11-27)16-8-22-12-30-16/h1-8,12,14,19,26H,9-11H2,(H,25,28). The Bertz CT molecular complexity index is 1020. The number of amides is 1. The van der Waals surface area contributed by atoms with Gasteiger partial charge in [-0.25, -0.2) is 14.4 Å². The van der Waals surface area contributed by atoms with Gasteiger partial charge in [0.1, 0.15) is 5.50 Å². The molecule has 2 aliphatic rings. The number of fused-ring (bicyclic) bond motifs is 1. The van der Waals surface area contributed by atoms with E-state index in [1.54, 1.807) is 35.2 Å². The second-order valence-electron chi connectivity index (χ2n) is 7.31. The number of carbonyl (C=O) groups excluding carboxylic acids is 1.